The van der Waals surface area contributed by atoms with Crippen LogP contribution in [0.2, 0.25) is 0 Å². The van der Waals surface area contributed by atoms with E-state index in [1.165, 1.54) is 9.13 Å². The Labute approximate surface area is 386 Å². The van der Waals surface area contributed by atoms with Gasteiger partial charge in [-0.1, -0.05) is 25.1 Å². The molecule has 2 aliphatic heterocycles. The maximum absolute atomic E-state index is 15.5. The number of benzene rings is 3. The van der Waals surface area contributed by atoms with E-state index >= 15 is 9.18 Å². The van der Waals surface area contributed by atoms with Gasteiger partial charge in [0, 0.05) is 91.1 Å². The number of anilines is 1. The number of halogens is 1. The number of rotatable bonds is 12. The number of aryl methyl sites for hydroxylation is 2. The molecule has 0 radical (unpaired) electrons. The summed E-state index contributed by atoms with van der Waals surface area (Å²) >= 11 is 0. The molecule has 18 heteroatoms. The molecule has 0 spiro atoms. The summed E-state index contributed by atoms with van der Waals surface area (Å²) in [5.74, 6) is -0.547. The van der Waals surface area contributed by atoms with E-state index in [4.69, 9.17) is 20.0 Å². The first kappa shape index (κ1) is 45.8. The fraction of sp³-hybridized carbons (Fsp3) is 0.408. The molecule has 3 aliphatic rings. The first-order valence-electron chi connectivity index (χ1n) is 22.9. The predicted molar refractivity (Wildman–Crippen MR) is 257 cm³/mol. The van der Waals surface area contributed by atoms with Crippen LogP contribution in [0.25, 0.3) is 16.6 Å². The van der Waals surface area contributed by atoms with Gasteiger partial charge in [-0.15, -0.1) is 0 Å². The first-order valence-corrected chi connectivity index (χ1v) is 25.0. The molecule has 16 nitrogen and oxygen atoms in total. The van der Waals surface area contributed by atoms with E-state index in [0.717, 1.165) is 29.3 Å². The normalized spacial score (nSPS) is 21.3. The topological polar surface area (TPSA) is 208 Å². The molecule has 0 bridgehead atoms. The molecule has 6 aromatic rings. The average Bonchev–Trinajstić information content (AvgIpc) is 3.64. The van der Waals surface area contributed by atoms with Crippen LogP contribution < -0.4 is 27.8 Å². The number of imidazole rings is 1. The number of carbonyl (C=O) groups excluding carboxylic acids is 1. The molecule has 1 saturated carbocycles. The number of ether oxygens (including phenoxy) is 1. The lowest BCUT2D eigenvalue weighted by Crippen LogP contribution is -2.49. The molecule has 9 rings (SSSR count). The number of H-pyrrole nitrogens is 1. The van der Waals surface area contributed by atoms with E-state index in [0.29, 0.717) is 88.0 Å². The number of hydrogen-bond donors (Lipinski definition) is 4. The lowest BCUT2D eigenvalue weighted by molar-refractivity contribution is 0.0697. The molecule has 5 N–H and O–H groups in total. The molecular weight excluding hydrogens is 877 g/mol. The van der Waals surface area contributed by atoms with Crippen LogP contribution in [0.15, 0.2) is 97.4 Å². The summed E-state index contributed by atoms with van der Waals surface area (Å²) in [6.07, 6.45) is 6.32. The predicted octanol–water partition coefficient (Wildman–Crippen LogP) is 6.47. The highest BCUT2D eigenvalue weighted by Crippen LogP contribution is 2.56. The Morgan fingerprint density at radius 1 is 1.07 bits per heavy atom. The van der Waals surface area contributed by atoms with Crippen molar-refractivity contribution in [2.24, 2.45) is 16.6 Å². The van der Waals surface area contributed by atoms with Gasteiger partial charge < -0.3 is 34.9 Å². The number of nitrogens with two attached hydrogens (primary N) is 1. The van der Waals surface area contributed by atoms with Gasteiger partial charge >= 0.3 is 11.4 Å². The zero-order chi connectivity index (χ0) is 47.5. The number of hydrogen-bond acceptors (Lipinski definition) is 11. The minimum atomic E-state index is -2.93. The summed E-state index contributed by atoms with van der Waals surface area (Å²) in [5, 5.41) is 18.5. The molecule has 67 heavy (non-hydrogen) atoms. The Morgan fingerprint density at radius 3 is 2.45 bits per heavy atom. The maximum Gasteiger partial charge on any atom is 0.438 e. The van der Waals surface area contributed by atoms with Gasteiger partial charge in [-0.05, 0) is 117 Å². The fourth-order valence-electron chi connectivity index (χ4n) is 10.4. The van der Waals surface area contributed by atoms with Gasteiger partial charge in [0.05, 0.1) is 24.0 Å². The molecule has 3 aromatic carbocycles. The van der Waals surface area contributed by atoms with Gasteiger partial charge in [-0.3, -0.25) is 23.4 Å². The number of nitrogens with zero attached hydrogens (tertiary/aromatic N) is 6. The van der Waals surface area contributed by atoms with Gasteiger partial charge in [0.15, 0.2) is 5.82 Å². The monoisotopic (exact) mass is 933 g/mol. The number of fused-ring (bicyclic) bond motifs is 1. The molecule has 1 aliphatic carbocycles. The van der Waals surface area contributed by atoms with Crippen molar-refractivity contribution in [1.82, 2.24) is 28.7 Å². The van der Waals surface area contributed by atoms with Crippen molar-refractivity contribution in [3.63, 3.8) is 0 Å². The van der Waals surface area contributed by atoms with Crippen LogP contribution in [0.5, 0.6) is 0 Å². The van der Waals surface area contributed by atoms with Crippen LogP contribution in [0.4, 0.5) is 15.8 Å². The SMILES string of the molecule is CC[P@@](=O)(CCO)c1ccc(-n2ccn(C(=Nc3cc(C)c(F)c(C)c3)C3=C(N)CCN(C(=O)c4cc5cc(C6CCOCC6)ccc5n4[C@@]4(c5noc(=O)[nH]5)C[C@@H]4C)[C@H]3C)c2=O)cc1NC. The minimum absolute atomic E-state index is 0.00944. The summed E-state index contributed by atoms with van der Waals surface area (Å²) in [6.45, 7) is 10.4. The summed E-state index contributed by atoms with van der Waals surface area (Å²) in [7, 11) is -1.22. The van der Waals surface area contributed by atoms with Crippen LogP contribution in [0.1, 0.15) is 85.4 Å². The van der Waals surface area contributed by atoms with Crippen LogP contribution in [0, 0.1) is 25.6 Å². The number of carbonyl (C=O) groups is 1. The Bertz CT molecular complexity index is 3130. The number of aromatic amines is 1. The standard InChI is InChI=1S/C49H57FN9O7P/c1-7-67(64,21-18-60)41-11-9-36(26-38(41)52-6)57-16-17-58(48(57)63)44(53-35-22-28(2)43(50)29(3)23-35)42-31(5)56(15-12-37(42)51)45(61)40-25-34-24-33(32-13-19-65-20-14-32)8-10-39(34)59(40)49(27-30(49)4)46-54-47(62)66-55-46/h8-11,16-17,22-26,30-32,52,60H,7,12-15,18-21,27,51H2,1-6H3,(H,54,55,62)/t30-,31-,49-,67+/m0/s1. The van der Waals surface area contributed by atoms with Crippen molar-refractivity contribution in [1.29, 1.82) is 0 Å². The Morgan fingerprint density at radius 2 is 1.81 bits per heavy atom. The lowest BCUT2D eigenvalue weighted by Gasteiger charge is -2.37. The van der Waals surface area contributed by atoms with E-state index in [-0.39, 0.29) is 49.2 Å². The van der Waals surface area contributed by atoms with E-state index in [2.05, 4.69) is 34.5 Å². The molecule has 1 saturated heterocycles. The average molecular weight is 934 g/mol. The second-order valence-electron chi connectivity index (χ2n) is 18.2. The van der Waals surface area contributed by atoms with E-state index in [1.807, 2.05) is 30.5 Å². The zero-order valence-corrected chi connectivity index (χ0v) is 39.5. The fourth-order valence-corrected chi connectivity index (χ4v) is 12.5. The van der Waals surface area contributed by atoms with Crippen molar-refractivity contribution in [3.8, 4) is 5.69 Å². The molecule has 352 valence electrons. The summed E-state index contributed by atoms with van der Waals surface area (Å²) < 4.78 is 44.5. The van der Waals surface area contributed by atoms with Gasteiger partial charge in [0.2, 0.25) is 0 Å². The summed E-state index contributed by atoms with van der Waals surface area (Å²) in [6, 6.07) is 15.9. The minimum Gasteiger partial charge on any atom is -0.402 e. The van der Waals surface area contributed by atoms with Gasteiger partial charge in [-0.25, -0.2) is 19.0 Å². The van der Waals surface area contributed by atoms with Crippen molar-refractivity contribution in [3.05, 3.63) is 133 Å². The first-order chi connectivity index (χ1) is 32.1. The number of nitrogens with one attached hydrogen (secondary N) is 2. The molecule has 3 aromatic heterocycles. The van der Waals surface area contributed by atoms with Crippen LogP contribution >= 0.6 is 7.14 Å². The van der Waals surface area contributed by atoms with Crippen LogP contribution in [0.3, 0.4) is 0 Å². The maximum atomic E-state index is 15.5. The molecule has 4 atom stereocenters. The zero-order valence-electron chi connectivity index (χ0n) is 38.6. The van der Waals surface area contributed by atoms with Gasteiger partial charge in [0.25, 0.3) is 5.91 Å². The summed E-state index contributed by atoms with van der Waals surface area (Å²) in [4.78, 5) is 52.3. The van der Waals surface area contributed by atoms with Crippen molar-refractivity contribution >= 4 is 46.5 Å². The number of aliphatic hydroxyl groups is 1. The smallest absolute Gasteiger partial charge is 0.402 e. The molecule has 1 amide bonds. The third kappa shape index (κ3) is 7.89. The number of amides is 1. The molecular formula is C49H57FN9O7P. The van der Waals surface area contributed by atoms with Gasteiger partial charge in [0.1, 0.15) is 30.0 Å². The van der Waals surface area contributed by atoms with Crippen LogP contribution in [-0.2, 0) is 14.8 Å². The van der Waals surface area contributed by atoms with Gasteiger partial charge in [-0.2, -0.15) is 0 Å². The van der Waals surface area contributed by atoms with Crippen molar-refractivity contribution < 1.29 is 28.1 Å². The third-order valence-corrected chi connectivity index (χ3v) is 17.4. The van der Waals surface area contributed by atoms with E-state index < -0.39 is 30.2 Å². The van der Waals surface area contributed by atoms with E-state index in [9.17, 15) is 19.3 Å². The largest absolute Gasteiger partial charge is 0.438 e. The highest BCUT2D eigenvalue weighted by Gasteiger charge is 2.59. The van der Waals surface area contributed by atoms with Crippen LogP contribution in [-0.4, -0.2) is 97.4 Å². The van der Waals surface area contributed by atoms with Crippen molar-refractivity contribution in [2.45, 2.75) is 77.8 Å². The molecule has 0 unspecified atom stereocenters. The van der Waals surface area contributed by atoms with Crippen molar-refractivity contribution in [2.75, 3.05) is 51.1 Å². The summed E-state index contributed by atoms with van der Waals surface area (Å²) in [5.41, 5.74) is 11.0. The number of aromatic nitrogens is 5. The molecule has 5 heterocycles. The highest BCUT2D eigenvalue weighted by atomic mass is 31.2. The third-order valence-electron chi connectivity index (χ3n) is 14.2. The highest BCUT2D eigenvalue weighted by molar-refractivity contribution is 7.71. The second kappa shape index (κ2) is 17.7. The number of aliphatic hydroxyl groups excluding tert-OH is 1. The second-order valence-corrected chi connectivity index (χ2v) is 21.5. The number of aliphatic imine (C=N–C) groups is 1. The quantitative estimate of drug-likeness (QED) is 0.0598. The lowest BCUT2D eigenvalue weighted by atomic mass is 9.91. The Balaban J connectivity index is 1.16. The Hall–Kier alpha value is -6.29. The molecule has 2 fully saturated rings. The van der Waals surface area contributed by atoms with E-state index in [1.54, 1.807) is 68.5 Å². The Kier molecular flexibility index (Phi) is 12.1.